The molecule has 0 fully saturated rings. The van der Waals surface area contributed by atoms with Crippen molar-refractivity contribution in [3.05, 3.63) is 17.3 Å². The molecule has 0 aliphatic carbocycles. The minimum absolute atomic E-state index is 0.00738. The highest BCUT2D eigenvalue weighted by atomic mass is 35.5. The summed E-state index contributed by atoms with van der Waals surface area (Å²) in [4.78, 5) is 15.7. The monoisotopic (exact) mass is 228 g/mol. The summed E-state index contributed by atoms with van der Waals surface area (Å²) in [5.74, 6) is 0.793. The zero-order valence-corrected chi connectivity index (χ0v) is 9.15. The van der Waals surface area contributed by atoms with Crippen molar-refractivity contribution in [2.45, 2.75) is 11.9 Å². The van der Waals surface area contributed by atoms with Crippen molar-refractivity contribution in [3.8, 4) is 0 Å². The van der Waals surface area contributed by atoms with E-state index >= 15 is 0 Å². The van der Waals surface area contributed by atoms with Crippen molar-refractivity contribution < 1.29 is 4.79 Å². The number of carbonyl (C=O) groups excluding carboxylic acids is 1. The topological polar surface area (TPSA) is 42.0 Å². The Kier molecular flexibility index (Phi) is 2.65. The number of hydrogen-bond donors (Lipinski definition) is 1. The van der Waals surface area contributed by atoms with E-state index in [9.17, 15) is 4.79 Å². The van der Waals surface area contributed by atoms with Crippen LogP contribution in [0.4, 0.5) is 5.69 Å². The number of anilines is 1. The number of carbonyl (C=O) groups is 1. The Labute approximate surface area is 91.2 Å². The molecule has 1 aromatic heterocycles. The zero-order chi connectivity index (χ0) is 10.1. The molecule has 1 N–H and O–H groups in total. The molecule has 0 radical (unpaired) electrons. The maximum atomic E-state index is 11.5. The van der Waals surface area contributed by atoms with Gasteiger partial charge in [0.15, 0.2) is 0 Å². The van der Waals surface area contributed by atoms with Gasteiger partial charge in [-0.15, -0.1) is 11.8 Å². The minimum atomic E-state index is 0.00738. The number of nitrogens with zero attached hydrogens (tertiary/aromatic N) is 1. The number of fused-ring (bicyclic) bond motifs is 1. The van der Waals surface area contributed by atoms with Crippen LogP contribution in [0.1, 0.15) is 6.92 Å². The van der Waals surface area contributed by atoms with Crippen molar-refractivity contribution in [2.75, 3.05) is 11.1 Å². The molecule has 2 heterocycles. The van der Waals surface area contributed by atoms with Crippen molar-refractivity contribution >= 4 is 35.0 Å². The average molecular weight is 229 g/mol. The third-order valence-electron chi connectivity index (χ3n) is 1.99. The summed E-state index contributed by atoms with van der Waals surface area (Å²) in [6, 6.07) is 1.73. The lowest BCUT2D eigenvalue weighted by molar-refractivity contribution is -0.118. The Morgan fingerprint density at radius 3 is 3.29 bits per heavy atom. The molecule has 1 aliphatic heterocycles. The van der Waals surface area contributed by atoms with E-state index in [0.29, 0.717) is 5.02 Å². The molecule has 0 aromatic carbocycles. The molecule has 1 aliphatic rings. The summed E-state index contributed by atoms with van der Waals surface area (Å²) in [7, 11) is 0. The van der Waals surface area contributed by atoms with Crippen LogP contribution in [-0.2, 0) is 4.79 Å². The SMILES string of the molecule is CC1CSc2ncc(Cl)cc2NC1=O. The van der Waals surface area contributed by atoms with E-state index < -0.39 is 0 Å². The number of nitrogens with one attached hydrogen (secondary N) is 1. The zero-order valence-electron chi connectivity index (χ0n) is 7.58. The van der Waals surface area contributed by atoms with Gasteiger partial charge in [-0.25, -0.2) is 4.98 Å². The number of hydrogen-bond acceptors (Lipinski definition) is 3. The first-order valence-electron chi connectivity index (χ1n) is 4.26. The number of amides is 1. The molecule has 0 saturated carbocycles. The van der Waals surface area contributed by atoms with Gasteiger partial charge in [0.05, 0.1) is 10.7 Å². The van der Waals surface area contributed by atoms with Crippen molar-refractivity contribution in [2.24, 2.45) is 5.92 Å². The van der Waals surface area contributed by atoms with Crippen molar-refractivity contribution in [1.82, 2.24) is 4.98 Å². The fraction of sp³-hybridized carbons (Fsp3) is 0.333. The number of thioether (sulfide) groups is 1. The van der Waals surface area contributed by atoms with E-state index in [4.69, 9.17) is 11.6 Å². The third kappa shape index (κ3) is 1.86. The summed E-state index contributed by atoms with van der Waals surface area (Å²) in [6.45, 7) is 1.90. The standard InChI is InChI=1S/C9H9ClN2OS/c1-5-4-14-9-7(12-8(5)13)2-6(10)3-11-9/h2-3,5H,4H2,1H3,(H,12,13). The Hall–Kier alpha value is -0.740. The van der Waals surface area contributed by atoms with Gasteiger partial charge >= 0.3 is 0 Å². The first-order chi connectivity index (χ1) is 6.66. The Balaban J connectivity index is 2.38. The number of aromatic nitrogens is 1. The van der Waals surface area contributed by atoms with Crippen LogP contribution >= 0.6 is 23.4 Å². The Bertz CT molecular complexity index is 383. The quantitative estimate of drug-likeness (QED) is 0.742. The lowest BCUT2D eigenvalue weighted by Gasteiger charge is -2.05. The smallest absolute Gasteiger partial charge is 0.228 e. The molecule has 1 atom stereocenters. The Morgan fingerprint density at radius 2 is 2.50 bits per heavy atom. The summed E-state index contributed by atoms with van der Waals surface area (Å²) in [5, 5.41) is 4.19. The van der Waals surface area contributed by atoms with Gasteiger partial charge in [0, 0.05) is 17.9 Å². The first kappa shape index (κ1) is 9.80. The second kappa shape index (κ2) is 3.79. The van der Waals surface area contributed by atoms with Gasteiger partial charge in [-0.1, -0.05) is 18.5 Å². The number of pyridine rings is 1. The van der Waals surface area contributed by atoms with Crippen LogP contribution in [0.15, 0.2) is 17.3 Å². The highest BCUT2D eigenvalue weighted by molar-refractivity contribution is 7.99. The van der Waals surface area contributed by atoms with Crippen LogP contribution in [0, 0.1) is 5.92 Å². The molecule has 74 valence electrons. The van der Waals surface area contributed by atoms with E-state index in [1.165, 1.54) is 0 Å². The molecule has 3 nitrogen and oxygen atoms in total. The molecule has 0 spiro atoms. The molecule has 1 unspecified atom stereocenters. The largest absolute Gasteiger partial charge is 0.323 e. The molecular formula is C9H9ClN2OS. The van der Waals surface area contributed by atoms with Crippen LogP contribution < -0.4 is 5.32 Å². The van der Waals surface area contributed by atoms with Gasteiger partial charge in [-0.2, -0.15) is 0 Å². The Morgan fingerprint density at radius 1 is 1.71 bits per heavy atom. The molecule has 14 heavy (non-hydrogen) atoms. The van der Waals surface area contributed by atoms with Crippen LogP contribution in [0.2, 0.25) is 5.02 Å². The maximum Gasteiger partial charge on any atom is 0.228 e. The van der Waals surface area contributed by atoms with Gasteiger partial charge in [-0.05, 0) is 6.07 Å². The van der Waals surface area contributed by atoms with E-state index in [2.05, 4.69) is 10.3 Å². The van der Waals surface area contributed by atoms with Crippen LogP contribution in [0.5, 0.6) is 0 Å². The molecular weight excluding hydrogens is 220 g/mol. The summed E-state index contributed by atoms with van der Waals surface area (Å²) in [5.41, 5.74) is 0.719. The number of rotatable bonds is 0. The highest BCUT2D eigenvalue weighted by Gasteiger charge is 2.20. The molecule has 0 saturated heterocycles. The second-order valence-corrected chi connectivity index (χ2v) is 4.65. The van der Waals surface area contributed by atoms with Crippen LogP contribution in [0.25, 0.3) is 0 Å². The van der Waals surface area contributed by atoms with E-state index in [0.717, 1.165) is 16.5 Å². The number of halogens is 1. The highest BCUT2D eigenvalue weighted by Crippen LogP contribution is 2.31. The van der Waals surface area contributed by atoms with E-state index in [1.54, 1.807) is 24.0 Å². The van der Waals surface area contributed by atoms with Gasteiger partial charge < -0.3 is 5.32 Å². The van der Waals surface area contributed by atoms with Crippen LogP contribution in [0.3, 0.4) is 0 Å². The van der Waals surface area contributed by atoms with Gasteiger partial charge in [0.1, 0.15) is 5.03 Å². The summed E-state index contributed by atoms with van der Waals surface area (Å²) >= 11 is 7.37. The van der Waals surface area contributed by atoms with Gasteiger partial charge in [0.2, 0.25) is 5.91 Å². The van der Waals surface area contributed by atoms with Crippen molar-refractivity contribution in [3.63, 3.8) is 0 Å². The van der Waals surface area contributed by atoms with Crippen LogP contribution in [-0.4, -0.2) is 16.6 Å². The lowest BCUT2D eigenvalue weighted by atomic mass is 10.2. The second-order valence-electron chi connectivity index (χ2n) is 3.21. The summed E-state index contributed by atoms with van der Waals surface area (Å²) in [6.07, 6.45) is 1.59. The molecule has 1 aromatic rings. The fourth-order valence-corrected chi connectivity index (χ4v) is 2.28. The van der Waals surface area contributed by atoms with Gasteiger partial charge in [0.25, 0.3) is 0 Å². The van der Waals surface area contributed by atoms with E-state index in [-0.39, 0.29) is 11.8 Å². The fourth-order valence-electron chi connectivity index (χ4n) is 1.17. The minimum Gasteiger partial charge on any atom is -0.323 e. The third-order valence-corrected chi connectivity index (χ3v) is 3.47. The summed E-state index contributed by atoms with van der Waals surface area (Å²) < 4.78 is 0. The van der Waals surface area contributed by atoms with Gasteiger partial charge in [-0.3, -0.25) is 4.79 Å². The maximum absolute atomic E-state index is 11.5. The normalized spacial score (nSPS) is 21.0. The van der Waals surface area contributed by atoms with E-state index in [1.807, 2.05) is 6.92 Å². The molecule has 5 heteroatoms. The average Bonchev–Trinajstić information content (AvgIpc) is 2.27. The lowest BCUT2D eigenvalue weighted by Crippen LogP contribution is -2.20. The first-order valence-corrected chi connectivity index (χ1v) is 5.62. The molecule has 0 bridgehead atoms. The predicted molar refractivity (Wildman–Crippen MR) is 57.8 cm³/mol. The van der Waals surface area contributed by atoms with Crippen molar-refractivity contribution in [1.29, 1.82) is 0 Å². The predicted octanol–water partition coefficient (Wildman–Crippen LogP) is 2.42. The molecule has 2 rings (SSSR count). The molecule has 1 amide bonds.